The second-order valence-corrected chi connectivity index (χ2v) is 6.47. The summed E-state index contributed by atoms with van der Waals surface area (Å²) >= 11 is 0. The zero-order chi connectivity index (χ0) is 19.9. The number of guanidine groups is 1. The van der Waals surface area contributed by atoms with Crippen molar-refractivity contribution < 1.29 is 9.53 Å². The first kappa shape index (κ1) is 26.6. The summed E-state index contributed by atoms with van der Waals surface area (Å²) in [6.07, 6.45) is 1.93. The van der Waals surface area contributed by atoms with Crippen molar-refractivity contribution in [1.82, 2.24) is 15.5 Å². The molecule has 0 atom stereocenters. The maximum atomic E-state index is 11.1. The number of ether oxygens (including phenoxy) is 1. The van der Waals surface area contributed by atoms with Gasteiger partial charge in [0, 0.05) is 52.5 Å². The fourth-order valence-electron chi connectivity index (χ4n) is 2.55. The van der Waals surface area contributed by atoms with Crippen molar-refractivity contribution in [1.29, 1.82) is 0 Å². The van der Waals surface area contributed by atoms with E-state index >= 15 is 0 Å². The van der Waals surface area contributed by atoms with Crippen molar-refractivity contribution >= 4 is 41.5 Å². The van der Waals surface area contributed by atoms with Crippen LogP contribution in [0.25, 0.3) is 0 Å². The number of nitrogens with zero attached hydrogens (tertiary/aromatic N) is 2. The molecule has 28 heavy (non-hydrogen) atoms. The van der Waals surface area contributed by atoms with Crippen molar-refractivity contribution in [2.24, 2.45) is 4.99 Å². The lowest BCUT2D eigenvalue weighted by Crippen LogP contribution is -2.39. The van der Waals surface area contributed by atoms with Crippen LogP contribution in [-0.2, 0) is 16.0 Å². The number of amides is 1. The number of benzene rings is 1. The minimum absolute atomic E-state index is 0. The maximum Gasteiger partial charge on any atom is 0.221 e. The van der Waals surface area contributed by atoms with Gasteiger partial charge in [0.2, 0.25) is 5.91 Å². The van der Waals surface area contributed by atoms with E-state index in [4.69, 9.17) is 4.74 Å². The Bertz CT molecular complexity index is 566. The monoisotopic (exact) mass is 505 g/mol. The van der Waals surface area contributed by atoms with E-state index in [9.17, 15) is 4.79 Å². The second-order valence-electron chi connectivity index (χ2n) is 6.47. The molecular formula is C20H36IN5O2. The molecule has 0 aliphatic carbocycles. The van der Waals surface area contributed by atoms with Crippen LogP contribution in [0.2, 0.25) is 0 Å². The first-order chi connectivity index (χ1) is 13.0. The highest BCUT2D eigenvalue weighted by atomic mass is 127. The lowest BCUT2D eigenvalue weighted by molar-refractivity contribution is -0.114. The minimum Gasteiger partial charge on any atom is -0.385 e. The van der Waals surface area contributed by atoms with Crippen LogP contribution in [-0.4, -0.2) is 70.3 Å². The Morgan fingerprint density at radius 1 is 1.18 bits per heavy atom. The number of rotatable bonds is 12. The Kier molecular flexibility index (Phi) is 15.7. The van der Waals surface area contributed by atoms with Crippen LogP contribution in [0.3, 0.4) is 0 Å². The van der Waals surface area contributed by atoms with E-state index in [0.29, 0.717) is 0 Å². The van der Waals surface area contributed by atoms with Crippen molar-refractivity contribution in [2.45, 2.75) is 26.7 Å². The number of aliphatic imine (C=N–C) groups is 1. The van der Waals surface area contributed by atoms with Crippen LogP contribution in [0.4, 0.5) is 5.69 Å². The van der Waals surface area contributed by atoms with Gasteiger partial charge in [-0.15, -0.1) is 24.0 Å². The van der Waals surface area contributed by atoms with E-state index in [1.54, 1.807) is 7.11 Å². The molecule has 1 amide bonds. The number of methoxy groups -OCH3 is 1. The molecule has 7 nitrogen and oxygen atoms in total. The summed E-state index contributed by atoms with van der Waals surface area (Å²) in [6.45, 7) is 8.70. The number of hydrogen-bond acceptors (Lipinski definition) is 4. The standard InChI is InChI=1S/C20H35N5O2.HI/c1-5-21-20(23-13-15-25(3)14-6-16-27-4)22-12-11-18-7-9-19(10-8-18)24-17(2)26;/h7-10H,5-6,11-16H2,1-4H3,(H,24,26)(H2,21,22,23);1H. The van der Waals surface area contributed by atoms with Gasteiger partial charge < -0.3 is 25.6 Å². The Morgan fingerprint density at radius 3 is 2.50 bits per heavy atom. The van der Waals surface area contributed by atoms with Crippen LogP contribution in [0.5, 0.6) is 0 Å². The van der Waals surface area contributed by atoms with Gasteiger partial charge in [-0.2, -0.15) is 0 Å². The quantitative estimate of drug-likeness (QED) is 0.176. The average Bonchev–Trinajstić information content (AvgIpc) is 2.63. The van der Waals surface area contributed by atoms with Gasteiger partial charge >= 0.3 is 0 Å². The number of carbonyl (C=O) groups excluding carboxylic acids is 1. The Hall–Kier alpha value is -1.39. The zero-order valence-corrected chi connectivity index (χ0v) is 19.9. The van der Waals surface area contributed by atoms with Crippen molar-refractivity contribution in [3.63, 3.8) is 0 Å². The summed E-state index contributed by atoms with van der Waals surface area (Å²) in [6, 6.07) is 7.92. The summed E-state index contributed by atoms with van der Waals surface area (Å²) in [5.41, 5.74) is 2.04. The molecule has 0 saturated heterocycles. The number of halogens is 1. The van der Waals surface area contributed by atoms with E-state index in [2.05, 4.69) is 39.8 Å². The van der Waals surface area contributed by atoms with Gasteiger partial charge in [0.1, 0.15) is 0 Å². The Morgan fingerprint density at radius 2 is 1.89 bits per heavy atom. The Labute approximate surface area is 186 Å². The summed E-state index contributed by atoms with van der Waals surface area (Å²) in [7, 11) is 3.84. The molecule has 0 spiro atoms. The molecule has 160 valence electrons. The average molecular weight is 505 g/mol. The van der Waals surface area contributed by atoms with Crippen LogP contribution < -0.4 is 16.0 Å². The molecule has 0 fully saturated rings. The summed E-state index contributed by atoms with van der Waals surface area (Å²) in [5.74, 6) is 0.790. The lowest BCUT2D eigenvalue weighted by atomic mass is 10.1. The third-order valence-corrected chi connectivity index (χ3v) is 3.96. The topological polar surface area (TPSA) is 78.0 Å². The molecule has 1 aromatic carbocycles. The number of carbonyl (C=O) groups is 1. The molecule has 0 aliphatic rings. The number of likely N-dealkylation sites (N-methyl/N-ethyl adjacent to an activating group) is 1. The molecule has 1 aromatic rings. The molecular weight excluding hydrogens is 469 g/mol. The Balaban J connectivity index is 0.00000729. The van der Waals surface area contributed by atoms with Crippen LogP contribution in [0, 0.1) is 0 Å². The fourth-order valence-corrected chi connectivity index (χ4v) is 2.55. The summed E-state index contributed by atoms with van der Waals surface area (Å²) in [4.78, 5) is 18.0. The van der Waals surface area contributed by atoms with Crippen molar-refractivity contribution in [2.75, 3.05) is 58.8 Å². The van der Waals surface area contributed by atoms with Gasteiger partial charge in [-0.25, -0.2) is 0 Å². The SMILES string of the molecule is CCNC(=NCCN(C)CCCOC)NCCc1ccc(NC(C)=O)cc1.I. The largest absolute Gasteiger partial charge is 0.385 e. The van der Waals surface area contributed by atoms with E-state index in [1.165, 1.54) is 12.5 Å². The van der Waals surface area contributed by atoms with E-state index in [-0.39, 0.29) is 29.9 Å². The van der Waals surface area contributed by atoms with Crippen molar-refractivity contribution in [3.8, 4) is 0 Å². The van der Waals surface area contributed by atoms with Gasteiger partial charge in [0.25, 0.3) is 0 Å². The fraction of sp³-hybridized carbons (Fsp3) is 0.600. The smallest absolute Gasteiger partial charge is 0.221 e. The van der Waals surface area contributed by atoms with Gasteiger partial charge in [-0.1, -0.05) is 12.1 Å². The predicted molar refractivity (Wildman–Crippen MR) is 128 cm³/mol. The molecule has 0 saturated carbocycles. The van der Waals surface area contributed by atoms with Crippen LogP contribution >= 0.6 is 24.0 Å². The third-order valence-electron chi connectivity index (χ3n) is 3.96. The lowest BCUT2D eigenvalue weighted by Gasteiger charge is -2.16. The highest BCUT2D eigenvalue weighted by molar-refractivity contribution is 14.0. The van der Waals surface area contributed by atoms with Crippen molar-refractivity contribution in [3.05, 3.63) is 29.8 Å². The van der Waals surface area contributed by atoms with Gasteiger partial charge in [-0.05, 0) is 44.5 Å². The molecule has 0 unspecified atom stereocenters. The molecule has 0 aliphatic heterocycles. The number of hydrogen-bond donors (Lipinski definition) is 3. The molecule has 0 aromatic heterocycles. The molecule has 1 rings (SSSR count). The minimum atomic E-state index is -0.0553. The first-order valence-electron chi connectivity index (χ1n) is 9.61. The van der Waals surface area contributed by atoms with Gasteiger partial charge in [-0.3, -0.25) is 9.79 Å². The van der Waals surface area contributed by atoms with E-state index in [0.717, 1.165) is 63.8 Å². The van der Waals surface area contributed by atoms with E-state index in [1.807, 2.05) is 24.3 Å². The highest BCUT2D eigenvalue weighted by Crippen LogP contribution is 2.09. The number of anilines is 1. The summed E-state index contributed by atoms with van der Waals surface area (Å²) in [5, 5.41) is 9.43. The summed E-state index contributed by atoms with van der Waals surface area (Å²) < 4.78 is 5.08. The third kappa shape index (κ3) is 12.9. The normalized spacial score (nSPS) is 11.1. The second kappa shape index (κ2) is 16.6. The number of nitrogens with one attached hydrogen (secondary N) is 3. The van der Waals surface area contributed by atoms with Gasteiger partial charge in [0.15, 0.2) is 5.96 Å². The molecule has 0 radical (unpaired) electrons. The molecule has 0 heterocycles. The van der Waals surface area contributed by atoms with Gasteiger partial charge in [0.05, 0.1) is 6.54 Å². The van der Waals surface area contributed by atoms with Crippen LogP contribution in [0.1, 0.15) is 25.8 Å². The molecule has 8 heteroatoms. The zero-order valence-electron chi connectivity index (χ0n) is 17.6. The molecule has 3 N–H and O–H groups in total. The maximum absolute atomic E-state index is 11.1. The molecule has 0 bridgehead atoms. The van der Waals surface area contributed by atoms with E-state index < -0.39 is 0 Å². The highest BCUT2D eigenvalue weighted by Gasteiger charge is 2.01. The predicted octanol–water partition coefficient (Wildman–Crippen LogP) is 2.33. The van der Waals surface area contributed by atoms with Crippen LogP contribution in [0.15, 0.2) is 29.3 Å². The first-order valence-corrected chi connectivity index (χ1v) is 9.61.